The Kier molecular flexibility index (Phi) is 7.69. The molecule has 47 heavy (non-hydrogen) atoms. The number of thiazole rings is 1. The number of aromatic nitrogens is 2. The number of nitrogens with zero attached hydrogens (tertiary/aromatic N) is 2. The van der Waals surface area contributed by atoms with Gasteiger partial charge in [0.05, 0.1) is 30.7 Å². The molecule has 0 atom stereocenters. The second-order valence-electron chi connectivity index (χ2n) is 12.9. The fraction of sp³-hybridized carbons (Fsp3) is 0.211. The summed E-state index contributed by atoms with van der Waals surface area (Å²) in [6.07, 6.45) is 6.09. The van der Waals surface area contributed by atoms with Crippen LogP contribution in [0.2, 0.25) is 0 Å². The van der Waals surface area contributed by atoms with E-state index in [1.54, 1.807) is 43.5 Å². The second kappa shape index (κ2) is 11.5. The van der Waals surface area contributed by atoms with Crippen LogP contribution in [0.5, 0.6) is 0 Å². The molecule has 0 bridgehead atoms. The summed E-state index contributed by atoms with van der Waals surface area (Å²) in [5.74, 6) is 0.256. The van der Waals surface area contributed by atoms with E-state index in [9.17, 15) is 16.8 Å². The molecule has 2 heterocycles. The minimum Gasteiger partial charge on any atom is -0.256 e. The van der Waals surface area contributed by atoms with Crippen molar-refractivity contribution in [3.63, 3.8) is 0 Å². The number of sulfone groups is 2. The van der Waals surface area contributed by atoms with Crippen molar-refractivity contribution in [3.05, 3.63) is 125 Å². The van der Waals surface area contributed by atoms with Crippen molar-refractivity contribution in [3.8, 4) is 32.8 Å². The number of hydrogen-bond acceptors (Lipinski definition) is 7. The molecule has 0 radical (unpaired) electrons. The Balaban J connectivity index is 1.38. The van der Waals surface area contributed by atoms with Crippen LogP contribution in [0, 0.1) is 0 Å². The van der Waals surface area contributed by atoms with E-state index < -0.39 is 24.4 Å². The van der Waals surface area contributed by atoms with E-state index in [-0.39, 0.29) is 10.8 Å². The van der Waals surface area contributed by atoms with E-state index in [0.717, 1.165) is 61.6 Å². The lowest BCUT2D eigenvalue weighted by Crippen LogP contribution is -2.28. The van der Waals surface area contributed by atoms with Gasteiger partial charge in [0, 0.05) is 41.1 Å². The van der Waals surface area contributed by atoms with Gasteiger partial charge in [-0.15, -0.1) is 11.3 Å². The number of benzene rings is 4. The van der Waals surface area contributed by atoms with Gasteiger partial charge in [-0.25, -0.2) is 21.8 Å². The van der Waals surface area contributed by atoms with Crippen molar-refractivity contribution in [2.24, 2.45) is 0 Å². The predicted octanol–water partition coefficient (Wildman–Crippen LogP) is 8.26. The van der Waals surface area contributed by atoms with E-state index >= 15 is 0 Å². The molecule has 0 aliphatic heterocycles. The number of fused-ring (bicyclic) bond motifs is 2. The quantitative estimate of drug-likeness (QED) is 0.169. The van der Waals surface area contributed by atoms with Gasteiger partial charge in [-0.3, -0.25) is 4.98 Å². The molecule has 0 N–H and O–H groups in total. The first-order valence-electron chi connectivity index (χ1n) is 15.4. The maximum atomic E-state index is 12.9. The normalized spacial score (nSPS) is 14.0. The molecule has 6 aromatic rings. The Morgan fingerprint density at radius 1 is 0.745 bits per heavy atom. The third kappa shape index (κ3) is 5.81. The zero-order chi connectivity index (χ0) is 33.1. The van der Waals surface area contributed by atoms with E-state index in [0.29, 0.717) is 5.56 Å². The lowest BCUT2D eigenvalue weighted by molar-refractivity contribution is 0.561. The minimum atomic E-state index is -3.41. The van der Waals surface area contributed by atoms with Crippen LogP contribution in [-0.2, 0) is 37.3 Å². The highest BCUT2D eigenvalue weighted by Crippen LogP contribution is 2.44. The van der Waals surface area contributed by atoms with Gasteiger partial charge in [0.25, 0.3) is 0 Å². The first-order valence-corrected chi connectivity index (χ1v) is 20.0. The predicted molar refractivity (Wildman–Crippen MR) is 191 cm³/mol. The summed E-state index contributed by atoms with van der Waals surface area (Å²) in [7, 11) is -6.75. The molecular weight excluding hydrogens is 645 g/mol. The molecule has 0 saturated carbocycles. The Labute approximate surface area is 280 Å². The molecule has 2 aromatic heterocycles. The maximum Gasteiger partial charge on any atom is 0.175 e. The fourth-order valence-electron chi connectivity index (χ4n) is 6.30. The molecule has 0 spiro atoms. The van der Waals surface area contributed by atoms with Crippen LogP contribution < -0.4 is 0 Å². The number of rotatable bonds is 7. The van der Waals surface area contributed by atoms with E-state index in [2.05, 4.69) is 36.4 Å². The van der Waals surface area contributed by atoms with Crippen LogP contribution in [0.3, 0.4) is 0 Å². The molecule has 0 fully saturated rings. The molecule has 0 saturated heterocycles. The van der Waals surface area contributed by atoms with Gasteiger partial charge in [0.1, 0.15) is 0 Å². The Bertz CT molecular complexity index is 2370. The molecule has 1 aliphatic rings. The summed E-state index contributed by atoms with van der Waals surface area (Å²) in [4.78, 5) is 11.2. The molecule has 0 amide bonds. The summed E-state index contributed by atoms with van der Waals surface area (Å²) in [6.45, 7) is 3.48. The van der Waals surface area contributed by atoms with Gasteiger partial charge in [-0.1, -0.05) is 60.7 Å². The van der Waals surface area contributed by atoms with Crippen molar-refractivity contribution in [1.29, 1.82) is 0 Å². The van der Waals surface area contributed by atoms with Crippen LogP contribution in [0.4, 0.5) is 0 Å². The maximum absolute atomic E-state index is 12.9. The van der Waals surface area contributed by atoms with Crippen LogP contribution in [0.25, 0.3) is 43.7 Å². The fourth-order valence-corrected chi connectivity index (χ4v) is 8.66. The first-order chi connectivity index (χ1) is 22.3. The average Bonchev–Trinajstić information content (AvgIpc) is 3.69. The van der Waals surface area contributed by atoms with Crippen molar-refractivity contribution in [2.45, 2.75) is 42.2 Å². The van der Waals surface area contributed by atoms with Crippen molar-refractivity contribution in [2.75, 3.05) is 12.5 Å². The van der Waals surface area contributed by atoms with E-state index in [1.165, 1.54) is 23.6 Å². The summed E-state index contributed by atoms with van der Waals surface area (Å²) in [6, 6.07) is 31.4. The largest absolute Gasteiger partial charge is 0.256 e. The van der Waals surface area contributed by atoms with Crippen LogP contribution >= 0.6 is 11.3 Å². The van der Waals surface area contributed by atoms with Gasteiger partial charge in [0.2, 0.25) is 0 Å². The molecule has 4 aromatic carbocycles. The monoisotopic (exact) mass is 678 g/mol. The Morgan fingerprint density at radius 2 is 1.43 bits per heavy atom. The van der Waals surface area contributed by atoms with Gasteiger partial charge < -0.3 is 0 Å². The number of hydrogen-bond donors (Lipinski definition) is 0. The Morgan fingerprint density at radius 3 is 2.09 bits per heavy atom. The van der Waals surface area contributed by atoms with Crippen molar-refractivity contribution < 1.29 is 16.8 Å². The van der Waals surface area contributed by atoms with Crippen molar-refractivity contribution in [1.82, 2.24) is 9.97 Å². The highest BCUT2D eigenvalue weighted by atomic mass is 32.2. The minimum absolute atomic E-state index is 0.256. The summed E-state index contributed by atoms with van der Waals surface area (Å²) >= 11 is 1.68. The third-order valence-corrected chi connectivity index (χ3v) is 13.8. The summed E-state index contributed by atoms with van der Waals surface area (Å²) in [5.41, 5.74) is 8.61. The van der Waals surface area contributed by atoms with Crippen LogP contribution in [0.15, 0.2) is 108 Å². The lowest BCUT2D eigenvalue weighted by Gasteiger charge is -2.24. The SMILES string of the molecule is CC(C)(c1cc(-c2cccc(-c3sc(C4Cc5ccccc5C4)nc3-c3ccc(S(C)(=O)=O)cc3)c2)c2ncccc2c1)S(C)(=O)=O. The molecular formula is C38H34N2O4S3. The second-order valence-corrected chi connectivity index (χ2v) is 18.5. The van der Waals surface area contributed by atoms with Gasteiger partial charge in [-0.2, -0.15) is 0 Å². The standard InChI is InChI=1S/C38H34N2O4S3/c1-38(2,47(4,43)44)31-22-28-13-8-18-39-34(28)33(23-31)27-11-7-12-29(21-27)36-35(24-14-16-32(17-15-24)46(3,41)42)40-37(45-36)30-19-25-9-5-6-10-26(25)20-30/h5-18,21-23,30H,19-20H2,1-4H3. The first kappa shape index (κ1) is 31.4. The molecule has 0 unspecified atom stereocenters. The van der Waals surface area contributed by atoms with E-state index in [1.807, 2.05) is 48.5 Å². The van der Waals surface area contributed by atoms with Gasteiger partial charge >= 0.3 is 0 Å². The highest BCUT2D eigenvalue weighted by Gasteiger charge is 2.33. The Hall–Kier alpha value is -4.18. The molecule has 6 nitrogen and oxygen atoms in total. The van der Waals surface area contributed by atoms with Crippen LogP contribution in [-0.4, -0.2) is 39.3 Å². The topological polar surface area (TPSA) is 94.1 Å². The third-order valence-electron chi connectivity index (χ3n) is 9.36. The lowest BCUT2D eigenvalue weighted by atomic mass is 9.92. The zero-order valence-corrected chi connectivity index (χ0v) is 29.0. The van der Waals surface area contributed by atoms with E-state index in [4.69, 9.17) is 9.97 Å². The van der Waals surface area contributed by atoms with Gasteiger partial charge in [0.15, 0.2) is 19.7 Å². The van der Waals surface area contributed by atoms with Gasteiger partial charge in [-0.05, 0) is 90.9 Å². The summed E-state index contributed by atoms with van der Waals surface area (Å²) in [5, 5.41) is 1.92. The molecule has 238 valence electrons. The number of pyridine rings is 1. The van der Waals surface area contributed by atoms with Crippen molar-refractivity contribution >= 4 is 41.9 Å². The van der Waals surface area contributed by atoms with Crippen LogP contribution in [0.1, 0.15) is 41.5 Å². The summed E-state index contributed by atoms with van der Waals surface area (Å²) < 4.78 is 49.0. The molecule has 7 rings (SSSR count). The average molecular weight is 679 g/mol. The highest BCUT2D eigenvalue weighted by molar-refractivity contribution is 7.91. The smallest absolute Gasteiger partial charge is 0.175 e. The molecule has 9 heteroatoms. The zero-order valence-electron chi connectivity index (χ0n) is 26.6. The molecule has 1 aliphatic carbocycles.